The first-order chi connectivity index (χ1) is 14.8. The maximum Gasteiger partial charge on any atom is 0.411 e. The zero-order chi connectivity index (χ0) is 22.5. The fraction of sp³-hybridized carbons (Fsp3) is 0.409. The summed E-state index contributed by atoms with van der Waals surface area (Å²) in [4.78, 5) is 14.0. The summed E-state index contributed by atoms with van der Waals surface area (Å²) in [5, 5.41) is 0. The number of amides is 1. The third-order valence-corrected chi connectivity index (χ3v) is 7.16. The monoisotopic (exact) mass is 453 g/mol. The topological polar surface area (TPSA) is 65.1 Å². The van der Waals surface area contributed by atoms with Gasteiger partial charge in [0, 0.05) is 6.54 Å². The lowest BCUT2D eigenvalue weighted by atomic mass is 9.90. The number of cyclic esters (lactones) is 1. The molecule has 6 nitrogen and oxygen atoms in total. The number of carbonyl (C=O) groups excluding carboxylic acids is 1. The van der Waals surface area contributed by atoms with Crippen LogP contribution in [0.15, 0.2) is 60.7 Å². The van der Waals surface area contributed by atoms with Crippen molar-refractivity contribution in [1.82, 2.24) is 4.90 Å². The molecule has 2 aromatic rings. The fourth-order valence-electron chi connectivity index (χ4n) is 3.65. The number of halogens is 2. The Morgan fingerprint density at radius 2 is 1.58 bits per heavy atom. The van der Waals surface area contributed by atoms with Crippen LogP contribution in [0.3, 0.4) is 0 Å². The third-order valence-electron chi connectivity index (χ3n) is 5.00. The Labute approximate surface area is 180 Å². The van der Waals surface area contributed by atoms with E-state index in [0.717, 1.165) is 5.56 Å². The molecule has 1 aliphatic heterocycles. The second-order valence-corrected chi connectivity index (χ2v) is 9.41. The van der Waals surface area contributed by atoms with E-state index in [1.807, 2.05) is 30.3 Å². The number of alkyl halides is 2. The number of benzene rings is 2. The van der Waals surface area contributed by atoms with Gasteiger partial charge in [-0.25, -0.2) is 4.79 Å². The van der Waals surface area contributed by atoms with Gasteiger partial charge in [0.15, 0.2) is 5.60 Å². The van der Waals surface area contributed by atoms with E-state index in [2.05, 4.69) is 0 Å². The predicted octanol–water partition coefficient (Wildman–Crippen LogP) is 5.78. The van der Waals surface area contributed by atoms with E-state index in [4.69, 9.17) is 13.8 Å². The van der Waals surface area contributed by atoms with Crippen molar-refractivity contribution in [3.63, 3.8) is 0 Å². The molecule has 0 spiro atoms. The number of ether oxygens (including phenoxy) is 1. The quantitative estimate of drug-likeness (QED) is 0.427. The standard InChI is InChI=1S/C22H26F2NO5P/c1-3-28-31(27,29-4-2)22(23,24)16-21(19-13-9-6-10-14-19)17-25(20(26)30-21)15-18-11-7-5-8-12-18/h5-14H,3-4,15-17H2,1-2H3. The van der Waals surface area contributed by atoms with Gasteiger partial charge < -0.3 is 13.8 Å². The summed E-state index contributed by atoms with van der Waals surface area (Å²) >= 11 is 0. The molecular weight excluding hydrogens is 427 g/mol. The minimum atomic E-state index is -4.79. The molecule has 168 valence electrons. The first-order valence-electron chi connectivity index (χ1n) is 10.1. The van der Waals surface area contributed by atoms with Crippen LogP contribution in [0.5, 0.6) is 0 Å². The summed E-state index contributed by atoms with van der Waals surface area (Å²) in [5.74, 6) is 0. The number of hydrogen-bond donors (Lipinski definition) is 0. The molecule has 1 saturated heterocycles. The average Bonchev–Trinajstić information content (AvgIpc) is 3.05. The molecule has 1 heterocycles. The van der Waals surface area contributed by atoms with Crippen LogP contribution in [-0.2, 0) is 30.5 Å². The Balaban J connectivity index is 1.96. The van der Waals surface area contributed by atoms with Crippen LogP contribution >= 0.6 is 7.60 Å². The van der Waals surface area contributed by atoms with Crippen LogP contribution in [0.2, 0.25) is 0 Å². The molecule has 0 aliphatic carbocycles. The van der Waals surface area contributed by atoms with Gasteiger partial charge in [0.2, 0.25) is 0 Å². The van der Waals surface area contributed by atoms with Crippen molar-refractivity contribution in [2.75, 3.05) is 19.8 Å². The smallest absolute Gasteiger partial charge is 0.411 e. The number of carbonyl (C=O) groups is 1. The van der Waals surface area contributed by atoms with Crippen molar-refractivity contribution in [3.8, 4) is 0 Å². The summed E-state index contributed by atoms with van der Waals surface area (Å²) in [6, 6.07) is 17.5. The highest BCUT2D eigenvalue weighted by atomic mass is 31.2. The zero-order valence-corrected chi connectivity index (χ0v) is 18.4. The summed E-state index contributed by atoms with van der Waals surface area (Å²) in [6.45, 7) is 2.60. The van der Waals surface area contributed by atoms with Crippen molar-refractivity contribution < 1.29 is 31.9 Å². The van der Waals surface area contributed by atoms with Gasteiger partial charge >= 0.3 is 19.4 Å². The van der Waals surface area contributed by atoms with Crippen LogP contribution in [0.1, 0.15) is 31.4 Å². The van der Waals surface area contributed by atoms with E-state index in [0.29, 0.717) is 5.56 Å². The van der Waals surface area contributed by atoms with E-state index in [9.17, 15) is 9.36 Å². The lowest BCUT2D eigenvalue weighted by Crippen LogP contribution is -2.39. The van der Waals surface area contributed by atoms with Crippen LogP contribution in [0.4, 0.5) is 13.6 Å². The molecule has 9 heteroatoms. The number of hydrogen-bond acceptors (Lipinski definition) is 5. The Kier molecular flexibility index (Phi) is 7.14. The lowest BCUT2D eigenvalue weighted by molar-refractivity contribution is -0.0471. The molecule has 1 fully saturated rings. The van der Waals surface area contributed by atoms with Crippen molar-refractivity contribution in [2.45, 2.75) is 38.1 Å². The summed E-state index contributed by atoms with van der Waals surface area (Å²) in [7, 11) is -4.79. The molecule has 1 atom stereocenters. The van der Waals surface area contributed by atoms with E-state index in [1.54, 1.807) is 30.3 Å². The summed E-state index contributed by atoms with van der Waals surface area (Å²) in [5.41, 5.74) is -4.36. The van der Waals surface area contributed by atoms with Crippen molar-refractivity contribution >= 4 is 13.7 Å². The van der Waals surface area contributed by atoms with Crippen molar-refractivity contribution in [3.05, 3.63) is 71.8 Å². The highest BCUT2D eigenvalue weighted by molar-refractivity contribution is 7.55. The molecule has 2 aromatic carbocycles. The Morgan fingerprint density at radius 3 is 2.13 bits per heavy atom. The van der Waals surface area contributed by atoms with Gasteiger partial charge in [-0.2, -0.15) is 8.78 Å². The second-order valence-electron chi connectivity index (χ2n) is 7.25. The predicted molar refractivity (Wildman–Crippen MR) is 112 cm³/mol. The molecule has 0 saturated carbocycles. The minimum absolute atomic E-state index is 0.126. The van der Waals surface area contributed by atoms with Crippen molar-refractivity contribution in [1.29, 1.82) is 0 Å². The van der Waals surface area contributed by atoms with E-state index < -0.39 is 31.4 Å². The zero-order valence-electron chi connectivity index (χ0n) is 17.5. The van der Waals surface area contributed by atoms with Crippen LogP contribution in [-0.4, -0.2) is 36.4 Å². The average molecular weight is 453 g/mol. The van der Waals surface area contributed by atoms with Crippen LogP contribution < -0.4 is 0 Å². The molecule has 1 unspecified atom stereocenters. The van der Waals surface area contributed by atoms with Gasteiger partial charge in [-0.05, 0) is 25.0 Å². The lowest BCUT2D eigenvalue weighted by Gasteiger charge is -2.34. The molecule has 1 aliphatic rings. The maximum absolute atomic E-state index is 15.4. The van der Waals surface area contributed by atoms with Gasteiger partial charge in [-0.3, -0.25) is 9.46 Å². The van der Waals surface area contributed by atoms with Gasteiger partial charge in [0.25, 0.3) is 0 Å². The molecule has 1 amide bonds. The Bertz CT molecular complexity index is 918. The summed E-state index contributed by atoms with van der Waals surface area (Å²) < 4.78 is 59.1. The number of nitrogens with zero attached hydrogens (tertiary/aromatic N) is 1. The molecule has 31 heavy (non-hydrogen) atoms. The van der Waals surface area contributed by atoms with E-state index in [1.165, 1.54) is 18.7 Å². The van der Waals surface area contributed by atoms with Crippen molar-refractivity contribution in [2.24, 2.45) is 0 Å². The fourth-order valence-corrected chi connectivity index (χ4v) is 5.23. The van der Waals surface area contributed by atoms with Gasteiger partial charge in [0.05, 0.1) is 26.2 Å². The molecule has 0 aromatic heterocycles. The first-order valence-corrected chi connectivity index (χ1v) is 11.6. The molecule has 0 radical (unpaired) electrons. The summed E-state index contributed by atoms with van der Waals surface area (Å²) in [6.07, 6.45) is -1.75. The normalized spacial score (nSPS) is 19.5. The molecule has 0 N–H and O–H groups in total. The van der Waals surface area contributed by atoms with E-state index in [-0.39, 0.29) is 26.3 Å². The van der Waals surface area contributed by atoms with E-state index >= 15 is 8.78 Å². The van der Waals surface area contributed by atoms with Crippen LogP contribution in [0, 0.1) is 0 Å². The molecular formula is C22H26F2NO5P. The molecule has 0 bridgehead atoms. The SMILES string of the molecule is CCOP(=O)(OCC)C(F)(F)CC1(c2ccccc2)CN(Cc2ccccc2)C(=O)O1. The highest BCUT2D eigenvalue weighted by Crippen LogP contribution is 2.65. The minimum Gasteiger partial charge on any atom is -0.436 e. The van der Waals surface area contributed by atoms with Gasteiger partial charge in [0.1, 0.15) is 0 Å². The number of rotatable bonds is 10. The molecule has 3 rings (SSSR count). The van der Waals surface area contributed by atoms with Gasteiger partial charge in [-0.15, -0.1) is 0 Å². The Hall–Kier alpha value is -2.28. The Morgan fingerprint density at radius 1 is 1.03 bits per heavy atom. The first kappa shape index (κ1) is 23.4. The maximum atomic E-state index is 15.4. The van der Waals surface area contributed by atoms with Gasteiger partial charge in [-0.1, -0.05) is 60.7 Å². The largest absolute Gasteiger partial charge is 0.436 e. The third kappa shape index (κ3) is 4.97. The highest BCUT2D eigenvalue weighted by Gasteiger charge is 2.61. The second kappa shape index (κ2) is 9.47. The van der Waals surface area contributed by atoms with Crippen LogP contribution in [0.25, 0.3) is 0 Å².